The van der Waals surface area contributed by atoms with E-state index >= 15 is 0 Å². The Labute approximate surface area is 230 Å². The number of pyridine rings is 1. The van der Waals surface area contributed by atoms with Gasteiger partial charge in [-0.1, -0.05) is 0 Å². The molecule has 0 unspecified atom stereocenters. The lowest BCUT2D eigenvalue weighted by molar-refractivity contribution is -0.146. The summed E-state index contributed by atoms with van der Waals surface area (Å²) in [5.74, 6) is -2.10. The number of halogens is 5. The molecule has 2 aromatic rings. The van der Waals surface area contributed by atoms with Crippen molar-refractivity contribution in [2.24, 2.45) is 5.92 Å². The van der Waals surface area contributed by atoms with Gasteiger partial charge < -0.3 is 20.6 Å². The number of rotatable bonds is 8. The van der Waals surface area contributed by atoms with Gasteiger partial charge in [0.2, 0.25) is 0 Å². The van der Waals surface area contributed by atoms with Crippen LogP contribution in [0.15, 0.2) is 12.3 Å². The number of alkyl halides is 5. The van der Waals surface area contributed by atoms with Crippen LogP contribution in [0.25, 0.3) is 10.4 Å². The number of anilines is 1. The molecule has 3 N–H and O–H groups in total. The Balaban J connectivity index is 1.37. The fourth-order valence-corrected chi connectivity index (χ4v) is 6.96. The Kier molecular flexibility index (Phi) is 6.96. The monoisotopic (exact) mass is 585 g/mol. The van der Waals surface area contributed by atoms with E-state index in [1.807, 2.05) is 0 Å². The number of nitrogens with one attached hydrogen (secondary N) is 2. The third kappa shape index (κ3) is 5.04. The second-order valence-corrected chi connectivity index (χ2v) is 12.1. The van der Waals surface area contributed by atoms with Gasteiger partial charge in [-0.3, -0.25) is 9.59 Å². The summed E-state index contributed by atoms with van der Waals surface area (Å²) in [5, 5.41) is 14.7. The highest BCUT2D eigenvalue weighted by Gasteiger charge is 2.49. The standard InChI is InChI=1S/C26H28F5N5O3S/c27-22(28)14-9-18(34-21(11-1-2-11)26(29,30)31)32-10-15(14)20-19(25(39)36-12-3-4-13(36)6-5-12)35-24(40-20)23(38)33-16-7-8-17(16)37/h9-13,16-17,21-22,37H,1-8H2,(H,32,34)(H,33,38)/t12?,13?,16-,17-,21-/m0/s1. The maximum Gasteiger partial charge on any atom is 0.408 e. The molecule has 216 valence electrons. The van der Waals surface area contributed by atoms with Gasteiger partial charge in [0.1, 0.15) is 17.6 Å². The summed E-state index contributed by atoms with van der Waals surface area (Å²) in [6.45, 7) is 0. The zero-order valence-electron chi connectivity index (χ0n) is 21.3. The van der Waals surface area contributed by atoms with Crippen molar-refractivity contribution in [3.05, 3.63) is 28.5 Å². The lowest BCUT2D eigenvalue weighted by atomic mass is 9.89. The fraction of sp³-hybridized carbons (Fsp3) is 0.615. The number of hydrogen-bond acceptors (Lipinski definition) is 7. The lowest BCUT2D eigenvalue weighted by Crippen LogP contribution is -2.50. The van der Waals surface area contributed by atoms with E-state index in [4.69, 9.17) is 0 Å². The van der Waals surface area contributed by atoms with E-state index in [0.717, 1.165) is 49.3 Å². The molecule has 0 radical (unpaired) electrons. The van der Waals surface area contributed by atoms with Crippen LogP contribution in [0.3, 0.4) is 0 Å². The minimum atomic E-state index is -4.57. The average molecular weight is 586 g/mol. The largest absolute Gasteiger partial charge is 0.408 e. The highest BCUT2D eigenvalue weighted by atomic mass is 32.1. The number of aliphatic hydroxyl groups excluding tert-OH is 1. The van der Waals surface area contributed by atoms with Gasteiger partial charge in [0.15, 0.2) is 5.01 Å². The van der Waals surface area contributed by atoms with E-state index in [1.165, 1.54) is 0 Å². The molecule has 2 bridgehead atoms. The molecule has 0 aromatic carbocycles. The summed E-state index contributed by atoms with van der Waals surface area (Å²) in [6, 6.07) is -1.48. The maximum atomic E-state index is 14.3. The maximum absolute atomic E-state index is 14.3. The number of fused-ring (bicyclic) bond motifs is 2. The van der Waals surface area contributed by atoms with E-state index < -0.39 is 54.1 Å². The van der Waals surface area contributed by atoms with Crippen molar-refractivity contribution < 1.29 is 36.6 Å². The van der Waals surface area contributed by atoms with Crippen LogP contribution in [0.4, 0.5) is 27.8 Å². The van der Waals surface area contributed by atoms with Crippen molar-refractivity contribution in [1.29, 1.82) is 0 Å². The van der Waals surface area contributed by atoms with E-state index in [2.05, 4.69) is 20.6 Å². The van der Waals surface area contributed by atoms with Crippen molar-refractivity contribution in [3.63, 3.8) is 0 Å². The molecule has 2 amide bonds. The van der Waals surface area contributed by atoms with E-state index in [0.29, 0.717) is 25.7 Å². The van der Waals surface area contributed by atoms with Crippen LogP contribution in [-0.4, -0.2) is 68.2 Å². The van der Waals surface area contributed by atoms with Gasteiger partial charge in [-0.15, -0.1) is 11.3 Å². The Bertz CT molecular complexity index is 1300. The SMILES string of the molecule is O=C(N[C@H]1CC[C@@H]1O)c1nc(C(=O)N2C3CCC2CC3)c(-c2cnc(N[C@@H](C3CC3)C(F)(F)F)cc2C(F)F)s1. The molecule has 3 atom stereocenters. The minimum Gasteiger partial charge on any atom is -0.391 e. The Morgan fingerprint density at radius 2 is 1.73 bits per heavy atom. The molecule has 2 saturated carbocycles. The van der Waals surface area contributed by atoms with E-state index in [-0.39, 0.29) is 39.0 Å². The highest BCUT2D eigenvalue weighted by molar-refractivity contribution is 7.17. The van der Waals surface area contributed by atoms with Crippen LogP contribution in [0, 0.1) is 5.92 Å². The van der Waals surface area contributed by atoms with Crippen molar-refractivity contribution in [3.8, 4) is 10.4 Å². The summed E-state index contributed by atoms with van der Waals surface area (Å²) >= 11 is 0.753. The molecule has 4 fully saturated rings. The summed E-state index contributed by atoms with van der Waals surface area (Å²) in [4.78, 5) is 36.7. The highest BCUT2D eigenvalue weighted by Crippen LogP contribution is 2.44. The number of carbonyl (C=O) groups excluding carboxylic acids is 2. The molecule has 6 rings (SSSR count). The number of carbonyl (C=O) groups is 2. The molecule has 2 aliphatic heterocycles. The van der Waals surface area contributed by atoms with Gasteiger partial charge in [0.25, 0.3) is 18.2 Å². The molecule has 40 heavy (non-hydrogen) atoms. The first kappa shape index (κ1) is 27.3. The topological polar surface area (TPSA) is 107 Å². The first-order chi connectivity index (χ1) is 19.0. The molecule has 4 aliphatic rings. The predicted molar refractivity (Wildman–Crippen MR) is 135 cm³/mol. The lowest BCUT2D eigenvalue weighted by Gasteiger charge is -2.32. The quantitative estimate of drug-likeness (QED) is 0.380. The summed E-state index contributed by atoms with van der Waals surface area (Å²) in [6.07, 6.45) is -2.17. The third-order valence-corrected chi connectivity index (χ3v) is 9.52. The van der Waals surface area contributed by atoms with Crippen molar-refractivity contribution >= 4 is 29.0 Å². The van der Waals surface area contributed by atoms with Gasteiger partial charge in [-0.2, -0.15) is 13.2 Å². The molecule has 14 heteroatoms. The van der Waals surface area contributed by atoms with E-state index in [1.54, 1.807) is 4.90 Å². The zero-order chi connectivity index (χ0) is 28.3. The molecular formula is C26H28F5N5O3S. The first-order valence-corrected chi connectivity index (χ1v) is 14.3. The molecular weight excluding hydrogens is 557 g/mol. The Morgan fingerprint density at radius 3 is 2.25 bits per heavy atom. The number of nitrogens with zero attached hydrogens (tertiary/aromatic N) is 3. The van der Waals surface area contributed by atoms with Gasteiger partial charge in [0.05, 0.1) is 17.0 Å². The van der Waals surface area contributed by atoms with Crippen LogP contribution in [0.5, 0.6) is 0 Å². The molecule has 0 spiro atoms. The van der Waals surface area contributed by atoms with Crippen LogP contribution < -0.4 is 10.6 Å². The average Bonchev–Trinajstić information content (AvgIpc) is 3.34. The molecule has 2 saturated heterocycles. The van der Waals surface area contributed by atoms with Crippen molar-refractivity contribution in [2.45, 2.75) is 94.2 Å². The van der Waals surface area contributed by atoms with Crippen LogP contribution in [0.1, 0.15) is 83.6 Å². The summed E-state index contributed by atoms with van der Waals surface area (Å²) in [5.41, 5.74) is -0.929. The molecule has 2 aromatic heterocycles. The van der Waals surface area contributed by atoms with Gasteiger partial charge in [0, 0.05) is 29.4 Å². The number of amides is 2. The smallest absolute Gasteiger partial charge is 0.391 e. The summed E-state index contributed by atoms with van der Waals surface area (Å²) in [7, 11) is 0. The van der Waals surface area contributed by atoms with Crippen LogP contribution in [0.2, 0.25) is 0 Å². The van der Waals surface area contributed by atoms with Crippen molar-refractivity contribution in [1.82, 2.24) is 20.2 Å². The predicted octanol–water partition coefficient (Wildman–Crippen LogP) is 4.92. The number of aromatic nitrogens is 2. The first-order valence-electron chi connectivity index (χ1n) is 13.5. The number of aliphatic hydroxyl groups is 1. The third-order valence-electron chi connectivity index (χ3n) is 8.43. The van der Waals surface area contributed by atoms with Gasteiger partial charge in [-0.25, -0.2) is 18.7 Å². The Hall–Kier alpha value is -2.87. The number of hydrogen-bond donors (Lipinski definition) is 3. The second-order valence-electron chi connectivity index (χ2n) is 11.1. The second kappa shape index (κ2) is 10.2. The van der Waals surface area contributed by atoms with Gasteiger partial charge >= 0.3 is 6.18 Å². The van der Waals surface area contributed by atoms with Crippen molar-refractivity contribution in [2.75, 3.05) is 5.32 Å². The normalized spacial score (nSPS) is 26.6. The zero-order valence-corrected chi connectivity index (χ0v) is 22.1. The van der Waals surface area contributed by atoms with E-state index in [9.17, 15) is 36.6 Å². The molecule has 2 aliphatic carbocycles. The fourth-order valence-electron chi connectivity index (χ4n) is 5.97. The van der Waals surface area contributed by atoms with Gasteiger partial charge in [-0.05, 0) is 63.4 Å². The number of thiazole rings is 1. The minimum absolute atomic E-state index is 0.00967. The summed E-state index contributed by atoms with van der Waals surface area (Å²) < 4.78 is 69.3. The van der Waals surface area contributed by atoms with Crippen LogP contribution >= 0.6 is 11.3 Å². The van der Waals surface area contributed by atoms with Crippen LogP contribution in [-0.2, 0) is 0 Å². The molecule has 4 heterocycles. The Morgan fingerprint density at radius 1 is 1.05 bits per heavy atom. The molecule has 8 nitrogen and oxygen atoms in total.